The third kappa shape index (κ3) is 6.24. The summed E-state index contributed by atoms with van der Waals surface area (Å²) in [5.74, 6) is 3.50. The zero-order valence-corrected chi connectivity index (χ0v) is 17.3. The van der Waals surface area contributed by atoms with Crippen molar-refractivity contribution < 1.29 is 14.1 Å². The van der Waals surface area contributed by atoms with Crippen LogP contribution in [-0.4, -0.2) is 53.9 Å². The number of carbonyl (C=O) groups excluding carboxylic acids is 1. The van der Waals surface area contributed by atoms with Crippen molar-refractivity contribution in [2.24, 2.45) is 5.92 Å². The van der Waals surface area contributed by atoms with Crippen LogP contribution in [0.25, 0.3) is 0 Å². The standard InChI is InChI=1S/C20H28N4O3S/c1-26-17-7-5-15(6-8-17)10-19(25)21-11-16-4-3-9-24(12-16)13-20-22-18(14-28-2)23-27-20/h5-8,16H,3-4,9-14H2,1-2H3,(H,21,25). The van der Waals surface area contributed by atoms with Gasteiger partial charge in [0.1, 0.15) is 5.75 Å². The maximum absolute atomic E-state index is 12.3. The highest BCUT2D eigenvalue weighted by Crippen LogP contribution is 2.18. The van der Waals surface area contributed by atoms with Gasteiger partial charge in [-0.2, -0.15) is 16.7 Å². The van der Waals surface area contributed by atoms with Crippen molar-refractivity contribution in [1.82, 2.24) is 20.4 Å². The largest absolute Gasteiger partial charge is 0.497 e. The zero-order valence-electron chi connectivity index (χ0n) is 16.5. The van der Waals surface area contributed by atoms with Crippen LogP contribution in [0.2, 0.25) is 0 Å². The predicted octanol–water partition coefficient (Wildman–Crippen LogP) is 2.51. The molecule has 0 saturated carbocycles. The second kappa shape index (κ2) is 10.5. The van der Waals surface area contributed by atoms with Crippen LogP contribution in [-0.2, 0) is 23.5 Å². The Morgan fingerprint density at radius 2 is 2.21 bits per heavy atom. The Labute approximate surface area is 170 Å². The Hall–Kier alpha value is -2.06. The maximum atomic E-state index is 12.3. The number of nitrogens with zero attached hydrogens (tertiary/aromatic N) is 3. The number of likely N-dealkylation sites (tertiary alicyclic amines) is 1. The van der Waals surface area contributed by atoms with E-state index in [1.165, 1.54) is 0 Å². The van der Waals surface area contributed by atoms with Crippen LogP contribution in [0.3, 0.4) is 0 Å². The lowest BCUT2D eigenvalue weighted by atomic mass is 9.98. The molecule has 152 valence electrons. The average Bonchev–Trinajstić information content (AvgIpc) is 3.14. The molecule has 2 aromatic rings. The molecule has 28 heavy (non-hydrogen) atoms. The molecule has 2 heterocycles. The van der Waals surface area contributed by atoms with Gasteiger partial charge in [0.25, 0.3) is 0 Å². The van der Waals surface area contributed by atoms with Crippen molar-refractivity contribution in [2.45, 2.75) is 31.6 Å². The molecule has 1 aliphatic rings. The molecule has 3 rings (SSSR count). The summed E-state index contributed by atoms with van der Waals surface area (Å²) in [7, 11) is 1.64. The molecule has 7 nitrogen and oxygen atoms in total. The lowest BCUT2D eigenvalue weighted by Gasteiger charge is -2.31. The topological polar surface area (TPSA) is 80.5 Å². The van der Waals surface area contributed by atoms with Crippen molar-refractivity contribution in [3.63, 3.8) is 0 Å². The van der Waals surface area contributed by atoms with Gasteiger partial charge < -0.3 is 14.6 Å². The Balaban J connectivity index is 1.41. The maximum Gasteiger partial charge on any atom is 0.240 e. The lowest BCUT2D eigenvalue weighted by Crippen LogP contribution is -2.40. The van der Waals surface area contributed by atoms with E-state index in [1.54, 1.807) is 18.9 Å². The molecule has 1 aromatic carbocycles. The molecule has 1 fully saturated rings. The number of hydrogen-bond donors (Lipinski definition) is 1. The van der Waals surface area contributed by atoms with Crippen LogP contribution in [0.1, 0.15) is 30.1 Å². The van der Waals surface area contributed by atoms with Crippen molar-refractivity contribution in [1.29, 1.82) is 0 Å². The molecule has 0 aliphatic carbocycles. The fraction of sp³-hybridized carbons (Fsp3) is 0.550. The molecule has 1 aromatic heterocycles. The van der Waals surface area contributed by atoms with Gasteiger partial charge in [-0.15, -0.1) is 0 Å². The molecule has 1 aliphatic heterocycles. The normalized spacial score (nSPS) is 17.4. The van der Waals surface area contributed by atoms with E-state index in [0.29, 0.717) is 31.3 Å². The summed E-state index contributed by atoms with van der Waals surface area (Å²) in [6.07, 6.45) is 4.65. The number of rotatable bonds is 9. The smallest absolute Gasteiger partial charge is 0.240 e. The van der Waals surface area contributed by atoms with E-state index in [9.17, 15) is 4.79 Å². The van der Waals surface area contributed by atoms with Crippen molar-refractivity contribution >= 4 is 17.7 Å². The first-order valence-corrected chi connectivity index (χ1v) is 11.0. The summed E-state index contributed by atoms with van der Waals surface area (Å²) in [6.45, 7) is 3.34. The molecule has 1 N–H and O–H groups in total. The Kier molecular flexibility index (Phi) is 7.73. The lowest BCUT2D eigenvalue weighted by molar-refractivity contribution is -0.120. The Morgan fingerprint density at radius 3 is 2.96 bits per heavy atom. The highest BCUT2D eigenvalue weighted by atomic mass is 32.2. The fourth-order valence-electron chi connectivity index (χ4n) is 3.44. The molecule has 0 spiro atoms. The van der Waals surface area contributed by atoms with Gasteiger partial charge in [-0.1, -0.05) is 17.3 Å². The molecular formula is C20H28N4O3S. The van der Waals surface area contributed by atoms with Crippen LogP contribution in [0.15, 0.2) is 28.8 Å². The number of amides is 1. The molecule has 0 bridgehead atoms. The number of ether oxygens (including phenoxy) is 1. The minimum absolute atomic E-state index is 0.0564. The third-order valence-electron chi connectivity index (χ3n) is 4.86. The van der Waals surface area contributed by atoms with Gasteiger partial charge in [-0.05, 0) is 49.3 Å². The Bertz CT molecular complexity index is 750. The minimum atomic E-state index is 0.0564. The van der Waals surface area contributed by atoms with Crippen LogP contribution in [0.4, 0.5) is 0 Å². The van der Waals surface area contributed by atoms with Gasteiger partial charge in [0.05, 0.1) is 25.8 Å². The number of aromatic nitrogens is 2. The second-order valence-corrected chi connectivity index (χ2v) is 7.98. The van der Waals surface area contributed by atoms with Crippen molar-refractivity contribution in [2.75, 3.05) is 33.0 Å². The van der Waals surface area contributed by atoms with E-state index >= 15 is 0 Å². The first kappa shape index (κ1) is 20.7. The molecular weight excluding hydrogens is 376 g/mol. The molecule has 0 radical (unpaired) electrons. The first-order chi connectivity index (χ1) is 13.7. The molecule has 1 saturated heterocycles. The fourth-order valence-corrected chi connectivity index (χ4v) is 3.82. The van der Waals surface area contributed by atoms with E-state index in [2.05, 4.69) is 20.4 Å². The monoisotopic (exact) mass is 404 g/mol. The minimum Gasteiger partial charge on any atom is -0.497 e. The Morgan fingerprint density at radius 1 is 1.39 bits per heavy atom. The van der Waals surface area contributed by atoms with Crippen LogP contribution in [0.5, 0.6) is 5.75 Å². The predicted molar refractivity (Wildman–Crippen MR) is 109 cm³/mol. The van der Waals surface area contributed by atoms with Crippen LogP contribution >= 0.6 is 11.8 Å². The quantitative estimate of drug-likeness (QED) is 0.688. The van der Waals surface area contributed by atoms with Gasteiger partial charge in [0, 0.05) is 13.1 Å². The third-order valence-corrected chi connectivity index (χ3v) is 5.40. The molecule has 1 amide bonds. The van der Waals surface area contributed by atoms with E-state index in [4.69, 9.17) is 9.26 Å². The number of piperidine rings is 1. The highest BCUT2D eigenvalue weighted by molar-refractivity contribution is 7.97. The summed E-state index contributed by atoms with van der Waals surface area (Å²) in [5.41, 5.74) is 0.987. The van der Waals surface area contributed by atoms with E-state index < -0.39 is 0 Å². The molecule has 1 unspecified atom stereocenters. The molecule has 8 heteroatoms. The molecule has 1 atom stereocenters. The second-order valence-electron chi connectivity index (χ2n) is 7.11. The number of thioether (sulfide) groups is 1. The van der Waals surface area contributed by atoms with Gasteiger partial charge in [0.2, 0.25) is 11.8 Å². The first-order valence-electron chi connectivity index (χ1n) is 9.58. The van der Waals surface area contributed by atoms with Crippen molar-refractivity contribution in [3.05, 3.63) is 41.5 Å². The number of hydrogen-bond acceptors (Lipinski definition) is 7. The summed E-state index contributed by atoms with van der Waals surface area (Å²) in [4.78, 5) is 19.0. The highest BCUT2D eigenvalue weighted by Gasteiger charge is 2.22. The SMILES string of the molecule is COc1ccc(CC(=O)NCC2CCCN(Cc3nc(CSC)no3)C2)cc1. The zero-order chi connectivity index (χ0) is 19.8. The van der Waals surface area contributed by atoms with Crippen molar-refractivity contribution in [3.8, 4) is 5.75 Å². The summed E-state index contributed by atoms with van der Waals surface area (Å²) in [5, 5.41) is 7.09. The van der Waals surface area contributed by atoms with E-state index in [1.807, 2.05) is 30.5 Å². The average molecular weight is 405 g/mol. The van der Waals surface area contributed by atoms with E-state index in [0.717, 1.165) is 48.8 Å². The number of carbonyl (C=O) groups is 1. The summed E-state index contributed by atoms with van der Waals surface area (Å²) < 4.78 is 10.5. The van der Waals surface area contributed by atoms with Gasteiger partial charge in [-0.3, -0.25) is 9.69 Å². The summed E-state index contributed by atoms with van der Waals surface area (Å²) in [6, 6.07) is 7.61. The van der Waals surface area contributed by atoms with E-state index in [-0.39, 0.29) is 5.91 Å². The number of nitrogens with one attached hydrogen (secondary N) is 1. The van der Waals surface area contributed by atoms with Crippen LogP contribution < -0.4 is 10.1 Å². The van der Waals surface area contributed by atoms with Crippen LogP contribution in [0, 0.1) is 5.92 Å². The summed E-state index contributed by atoms with van der Waals surface area (Å²) >= 11 is 1.68. The van der Waals surface area contributed by atoms with Gasteiger partial charge in [-0.25, -0.2) is 0 Å². The number of benzene rings is 1. The number of methoxy groups -OCH3 is 1. The van der Waals surface area contributed by atoms with Gasteiger partial charge in [0.15, 0.2) is 5.82 Å². The van der Waals surface area contributed by atoms with Gasteiger partial charge >= 0.3 is 0 Å².